The Labute approximate surface area is 102 Å². The minimum absolute atomic E-state index is 0.331. The van der Waals surface area contributed by atoms with Crippen LogP contribution in [-0.4, -0.2) is 14.8 Å². The summed E-state index contributed by atoms with van der Waals surface area (Å²) in [6.07, 6.45) is 1.56. The second kappa shape index (κ2) is 4.00. The first-order chi connectivity index (χ1) is 6.70. The van der Waals surface area contributed by atoms with Gasteiger partial charge in [0, 0.05) is 8.95 Å². The normalized spacial score (nSPS) is 10.5. The Kier molecular flexibility index (Phi) is 2.90. The van der Waals surface area contributed by atoms with Crippen molar-refractivity contribution < 1.29 is 0 Å². The van der Waals surface area contributed by atoms with Crippen molar-refractivity contribution in [1.82, 2.24) is 14.8 Å². The molecule has 2 rings (SSSR count). The molecule has 0 amide bonds. The van der Waals surface area contributed by atoms with Crippen LogP contribution in [0, 0.1) is 0 Å². The van der Waals surface area contributed by atoms with Crippen LogP contribution in [0.3, 0.4) is 0 Å². The van der Waals surface area contributed by atoms with E-state index in [1.54, 1.807) is 10.9 Å². The zero-order valence-electron chi connectivity index (χ0n) is 6.78. The topological polar surface area (TPSA) is 30.7 Å². The maximum atomic E-state index is 5.87. The van der Waals surface area contributed by atoms with Crippen molar-refractivity contribution in [2.45, 2.75) is 0 Å². The molecule has 0 aliphatic heterocycles. The standard InChI is InChI=1S/C8H4Br2ClN3/c9-5-2-1-3-6(10)7(5)14-4-12-13-8(14)11/h1-4H. The van der Waals surface area contributed by atoms with Crippen LogP contribution in [-0.2, 0) is 0 Å². The molecular formula is C8H4Br2ClN3. The molecule has 1 aromatic heterocycles. The molecule has 1 aromatic carbocycles. The Balaban J connectivity index is 2.68. The van der Waals surface area contributed by atoms with Gasteiger partial charge in [0.15, 0.2) is 0 Å². The number of para-hydroxylation sites is 1. The zero-order valence-corrected chi connectivity index (χ0v) is 10.7. The Morgan fingerprint density at radius 3 is 2.36 bits per heavy atom. The monoisotopic (exact) mass is 335 g/mol. The van der Waals surface area contributed by atoms with Crippen LogP contribution in [0.5, 0.6) is 0 Å². The van der Waals surface area contributed by atoms with Crippen molar-refractivity contribution in [2.75, 3.05) is 0 Å². The molecular weight excluding hydrogens is 333 g/mol. The first kappa shape index (κ1) is 10.1. The highest BCUT2D eigenvalue weighted by atomic mass is 79.9. The summed E-state index contributed by atoms with van der Waals surface area (Å²) in [5, 5.41) is 7.76. The van der Waals surface area contributed by atoms with Gasteiger partial charge in [0.1, 0.15) is 6.33 Å². The summed E-state index contributed by atoms with van der Waals surface area (Å²) >= 11 is 12.7. The lowest BCUT2D eigenvalue weighted by molar-refractivity contribution is 1.04. The summed E-state index contributed by atoms with van der Waals surface area (Å²) in [7, 11) is 0. The molecule has 0 N–H and O–H groups in total. The van der Waals surface area contributed by atoms with Crippen molar-refractivity contribution in [3.63, 3.8) is 0 Å². The number of rotatable bonds is 1. The molecule has 72 valence electrons. The maximum Gasteiger partial charge on any atom is 0.229 e. The van der Waals surface area contributed by atoms with E-state index in [1.807, 2.05) is 18.2 Å². The molecule has 0 fully saturated rings. The Bertz CT molecular complexity index is 449. The van der Waals surface area contributed by atoms with E-state index in [2.05, 4.69) is 42.1 Å². The quantitative estimate of drug-likeness (QED) is 0.798. The molecule has 2 aromatic rings. The second-order valence-electron chi connectivity index (χ2n) is 2.54. The average molecular weight is 337 g/mol. The summed E-state index contributed by atoms with van der Waals surface area (Å²) in [5.74, 6) is 0. The van der Waals surface area contributed by atoms with Gasteiger partial charge in [-0.2, -0.15) is 0 Å². The lowest BCUT2D eigenvalue weighted by Gasteiger charge is -2.07. The second-order valence-corrected chi connectivity index (χ2v) is 4.59. The molecule has 6 heteroatoms. The fourth-order valence-electron chi connectivity index (χ4n) is 1.09. The van der Waals surface area contributed by atoms with E-state index in [9.17, 15) is 0 Å². The van der Waals surface area contributed by atoms with E-state index >= 15 is 0 Å². The molecule has 3 nitrogen and oxygen atoms in total. The minimum atomic E-state index is 0.331. The molecule has 0 saturated carbocycles. The molecule has 14 heavy (non-hydrogen) atoms. The van der Waals surface area contributed by atoms with Crippen LogP contribution in [0.4, 0.5) is 0 Å². The van der Waals surface area contributed by atoms with E-state index in [0.717, 1.165) is 14.6 Å². The minimum Gasteiger partial charge on any atom is -0.270 e. The predicted octanol–water partition coefficient (Wildman–Crippen LogP) is 3.45. The predicted molar refractivity (Wildman–Crippen MR) is 61.8 cm³/mol. The highest BCUT2D eigenvalue weighted by Gasteiger charge is 2.10. The number of benzene rings is 1. The summed E-state index contributed by atoms with van der Waals surface area (Å²) in [6, 6.07) is 5.78. The molecule has 0 saturated heterocycles. The number of hydrogen-bond acceptors (Lipinski definition) is 2. The van der Waals surface area contributed by atoms with Gasteiger partial charge in [-0.1, -0.05) is 6.07 Å². The summed E-state index contributed by atoms with van der Waals surface area (Å²) < 4.78 is 3.54. The molecule has 0 bridgehead atoms. The molecule has 0 radical (unpaired) electrons. The van der Waals surface area contributed by atoms with E-state index in [0.29, 0.717) is 5.28 Å². The highest BCUT2D eigenvalue weighted by Crippen LogP contribution is 2.30. The first-order valence-corrected chi connectivity index (χ1v) is 5.66. The Morgan fingerprint density at radius 2 is 1.86 bits per heavy atom. The van der Waals surface area contributed by atoms with Crippen LogP contribution in [0.2, 0.25) is 5.28 Å². The smallest absolute Gasteiger partial charge is 0.229 e. The number of halogens is 3. The lowest BCUT2D eigenvalue weighted by atomic mass is 10.3. The van der Waals surface area contributed by atoms with Crippen LogP contribution in [0.15, 0.2) is 33.5 Å². The van der Waals surface area contributed by atoms with Crippen molar-refractivity contribution in [3.8, 4) is 5.69 Å². The van der Waals surface area contributed by atoms with Gasteiger partial charge in [-0.15, -0.1) is 10.2 Å². The van der Waals surface area contributed by atoms with Crippen LogP contribution >= 0.6 is 43.5 Å². The zero-order chi connectivity index (χ0) is 10.1. The van der Waals surface area contributed by atoms with Gasteiger partial charge in [0.05, 0.1) is 5.69 Å². The van der Waals surface area contributed by atoms with Crippen molar-refractivity contribution in [2.24, 2.45) is 0 Å². The molecule has 0 aliphatic carbocycles. The molecule has 1 heterocycles. The summed E-state index contributed by atoms with van der Waals surface area (Å²) in [5.41, 5.74) is 0.891. The largest absolute Gasteiger partial charge is 0.270 e. The van der Waals surface area contributed by atoms with Gasteiger partial charge < -0.3 is 0 Å². The van der Waals surface area contributed by atoms with E-state index in [-0.39, 0.29) is 0 Å². The third kappa shape index (κ3) is 1.71. The van der Waals surface area contributed by atoms with Gasteiger partial charge in [-0.3, -0.25) is 4.57 Å². The Hall–Kier alpha value is -0.390. The number of nitrogens with zero attached hydrogens (tertiary/aromatic N) is 3. The molecule has 0 atom stereocenters. The lowest BCUT2D eigenvalue weighted by Crippen LogP contribution is -1.94. The number of aromatic nitrogens is 3. The third-order valence-electron chi connectivity index (χ3n) is 1.68. The Morgan fingerprint density at radius 1 is 1.21 bits per heavy atom. The van der Waals surface area contributed by atoms with Gasteiger partial charge in [0.2, 0.25) is 5.28 Å². The first-order valence-electron chi connectivity index (χ1n) is 3.70. The van der Waals surface area contributed by atoms with Gasteiger partial charge in [0.25, 0.3) is 0 Å². The fraction of sp³-hybridized carbons (Fsp3) is 0. The molecule has 0 unspecified atom stereocenters. The van der Waals surface area contributed by atoms with Gasteiger partial charge >= 0.3 is 0 Å². The van der Waals surface area contributed by atoms with Gasteiger partial charge in [-0.25, -0.2) is 0 Å². The SMILES string of the molecule is Clc1nncn1-c1c(Br)cccc1Br. The van der Waals surface area contributed by atoms with Crippen molar-refractivity contribution in [3.05, 3.63) is 38.8 Å². The average Bonchev–Trinajstić information content (AvgIpc) is 2.52. The maximum absolute atomic E-state index is 5.87. The third-order valence-corrected chi connectivity index (χ3v) is 3.22. The molecule has 0 spiro atoms. The van der Waals surface area contributed by atoms with Crippen LogP contribution in [0.1, 0.15) is 0 Å². The van der Waals surface area contributed by atoms with Gasteiger partial charge in [-0.05, 0) is 55.6 Å². The van der Waals surface area contributed by atoms with Crippen LogP contribution in [0.25, 0.3) is 5.69 Å². The fourth-order valence-corrected chi connectivity index (χ4v) is 2.64. The van der Waals surface area contributed by atoms with Crippen LogP contribution < -0.4 is 0 Å². The van der Waals surface area contributed by atoms with Crippen molar-refractivity contribution in [1.29, 1.82) is 0 Å². The summed E-state index contributed by atoms with van der Waals surface area (Å²) in [4.78, 5) is 0. The van der Waals surface area contributed by atoms with E-state index in [1.165, 1.54) is 0 Å². The molecule has 0 aliphatic rings. The van der Waals surface area contributed by atoms with E-state index < -0.39 is 0 Å². The number of hydrogen-bond donors (Lipinski definition) is 0. The summed E-state index contributed by atoms with van der Waals surface area (Å²) in [6.45, 7) is 0. The van der Waals surface area contributed by atoms with E-state index in [4.69, 9.17) is 11.6 Å². The highest BCUT2D eigenvalue weighted by molar-refractivity contribution is 9.11. The van der Waals surface area contributed by atoms with Crippen molar-refractivity contribution >= 4 is 43.5 Å².